The van der Waals surface area contributed by atoms with Crippen LogP contribution in [0.25, 0.3) is 0 Å². The van der Waals surface area contributed by atoms with Gasteiger partial charge in [0.05, 0.1) is 0 Å². The fourth-order valence-electron chi connectivity index (χ4n) is 2.55. The molecule has 1 aliphatic rings. The Morgan fingerprint density at radius 3 is 2.87 bits per heavy atom. The Bertz CT molecular complexity index is 189. The summed E-state index contributed by atoms with van der Waals surface area (Å²) >= 11 is 0. The Morgan fingerprint density at radius 1 is 1.40 bits per heavy atom. The van der Waals surface area contributed by atoms with Gasteiger partial charge < -0.3 is 4.74 Å². The largest absolute Gasteiger partial charge is 0.385 e. The van der Waals surface area contributed by atoms with Crippen LogP contribution in [0.1, 0.15) is 51.9 Å². The molecule has 2 atom stereocenters. The van der Waals surface area contributed by atoms with Crippen LogP contribution in [0.3, 0.4) is 0 Å². The minimum absolute atomic E-state index is 0.362. The molecule has 1 aliphatic carbocycles. The normalized spacial score (nSPS) is 26.5. The third-order valence-electron chi connectivity index (χ3n) is 3.59. The first-order chi connectivity index (χ1) is 7.27. The molecule has 0 heterocycles. The molecule has 0 aliphatic heterocycles. The van der Waals surface area contributed by atoms with E-state index in [0.29, 0.717) is 11.7 Å². The number of carbonyl (C=O) groups is 1. The topological polar surface area (TPSA) is 26.3 Å². The van der Waals surface area contributed by atoms with Gasteiger partial charge >= 0.3 is 0 Å². The molecule has 1 rings (SSSR count). The molecule has 0 spiro atoms. The first kappa shape index (κ1) is 12.7. The van der Waals surface area contributed by atoms with Crippen LogP contribution >= 0.6 is 0 Å². The molecular weight excluding hydrogens is 188 g/mol. The fraction of sp³-hybridized carbons (Fsp3) is 0.923. The Hall–Kier alpha value is -0.370. The molecule has 0 amide bonds. The average molecular weight is 212 g/mol. The standard InChI is InChI=1S/C13H24O2/c1-3-11-6-4-7-12(10-11)13(14)8-5-9-15-2/h11-12H,3-10H2,1-2H3. The van der Waals surface area contributed by atoms with Gasteiger partial charge in [-0.25, -0.2) is 0 Å². The SMILES string of the molecule is CCC1CCCC(C(=O)CCCOC)C1. The van der Waals surface area contributed by atoms with Gasteiger partial charge in [-0.05, 0) is 25.2 Å². The molecule has 2 heteroatoms. The lowest BCUT2D eigenvalue weighted by Crippen LogP contribution is -2.22. The summed E-state index contributed by atoms with van der Waals surface area (Å²) in [6, 6.07) is 0. The van der Waals surface area contributed by atoms with Gasteiger partial charge in [-0.3, -0.25) is 4.79 Å². The van der Waals surface area contributed by atoms with Gasteiger partial charge in [-0.1, -0.05) is 26.2 Å². The van der Waals surface area contributed by atoms with Gasteiger partial charge in [0, 0.05) is 26.1 Å². The van der Waals surface area contributed by atoms with Crippen LogP contribution in [0.15, 0.2) is 0 Å². The Balaban J connectivity index is 2.25. The van der Waals surface area contributed by atoms with Crippen molar-refractivity contribution in [3.8, 4) is 0 Å². The summed E-state index contributed by atoms with van der Waals surface area (Å²) in [4.78, 5) is 11.9. The van der Waals surface area contributed by atoms with E-state index >= 15 is 0 Å². The predicted octanol–water partition coefficient (Wildman–Crippen LogP) is 3.20. The van der Waals surface area contributed by atoms with Crippen molar-refractivity contribution < 1.29 is 9.53 Å². The lowest BCUT2D eigenvalue weighted by molar-refractivity contribution is -0.124. The molecule has 2 unspecified atom stereocenters. The van der Waals surface area contributed by atoms with Crippen LogP contribution in [0.2, 0.25) is 0 Å². The lowest BCUT2D eigenvalue weighted by Gasteiger charge is -2.27. The summed E-state index contributed by atoms with van der Waals surface area (Å²) in [7, 11) is 1.69. The molecule has 0 radical (unpaired) electrons. The van der Waals surface area contributed by atoms with Crippen molar-refractivity contribution in [2.45, 2.75) is 51.9 Å². The number of ether oxygens (including phenoxy) is 1. The molecule has 0 aromatic heterocycles. The highest BCUT2D eigenvalue weighted by molar-refractivity contribution is 5.81. The number of rotatable bonds is 6. The van der Waals surface area contributed by atoms with E-state index in [1.807, 2.05) is 0 Å². The van der Waals surface area contributed by atoms with Gasteiger partial charge in [0.25, 0.3) is 0 Å². The minimum atomic E-state index is 0.362. The molecule has 1 saturated carbocycles. The number of Topliss-reactive ketones (excluding diaryl/α,β-unsaturated/α-hetero) is 1. The van der Waals surface area contributed by atoms with Crippen LogP contribution < -0.4 is 0 Å². The molecule has 88 valence electrons. The Morgan fingerprint density at radius 2 is 2.20 bits per heavy atom. The molecule has 1 fully saturated rings. The molecular formula is C13H24O2. The van der Waals surface area contributed by atoms with Crippen LogP contribution in [-0.4, -0.2) is 19.5 Å². The highest BCUT2D eigenvalue weighted by atomic mass is 16.5. The highest BCUT2D eigenvalue weighted by Crippen LogP contribution is 2.32. The molecule has 2 nitrogen and oxygen atoms in total. The van der Waals surface area contributed by atoms with E-state index in [1.54, 1.807) is 7.11 Å². The number of hydrogen-bond donors (Lipinski definition) is 0. The monoisotopic (exact) mass is 212 g/mol. The Labute approximate surface area is 93.4 Å². The summed E-state index contributed by atoms with van der Waals surface area (Å²) in [6.07, 6.45) is 7.70. The van der Waals surface area contributed by atoms with Crippen molar-refractivity contribution in [3.63, 3.8) is 0 Å². The van der Waals surface area contributed by atoms with E-state index < -0.39 is 0 Å². The van der Waals surface area contributed by atoms with Crippen LogP contribution in [0.5, 0.6) is 0 Å². The van der Waals surface area contributed by atoms with Crippen molar-refractivity contribution in [2.24, 2.45) is 11.8 Å². The minimum Gasteiger partial charge on any atom is -0.385 e. The van der Waals surface area contributed by atoms with Crippen molar-refractivity contribution in [3.05, 3.63) is 0 Å². The summed E-state index contributed by atoms with van der Waals surface area (Å²) in [5.74, 6) is 1.64. The number of ketones is 1. The van der Waals surface area contributed by atoms with Crippen molar-refractivity contribution >= 4 is 5.78 Å². The zero-order valence-electron chi connectivity index (χ0n) is 10.1. The third-order valence-corrected chi connectivity index (χ3v) is 3.59. The molecule has 15 heavy (non-hydrogen) atoms. The molecule has 0 N–H and O–H groups in total. The molecule has 0 saturated heterocycles. The van der Waals surface area contributed by atoms with E-state index in [2.05, 4.69) is 6.92 Å². The average Bonchev–Trinajstić information content (AvgIpc) is 2.29. The number of hydrogen-bond acceptors (Lipinski definition) is 2. The second kappa shape index (κ2) is 7.00. The van der Waals surface area contributed by atoms with Gasteiger partial charge in [-0.15, -0.1) is 0 Å². The van der Waals surface area contributed by atoms with E-state index in [4.69, 9.17) is 4.74 Å². The molecule has 0 aromatic rings. The van der Waals surface area contributed by atoms with Gasteiger partial charge in [0.15, 0.2) is 0 Å². The van der Waals surface area contributed by atoms with Gasteiger partial charge in [-0.2, -0.15) is 0 Å². The highest BCUT2D eigenvalue weighted by Gasteiger charge is 2.25. The summed E-state index contributed by atoms with van der Waals surface area (Å²) in [5.41, 5.74) is 0. The second-order valence-corrected chi connectivity index (χ2v) is 4.70. The lowest BCUT2D eigenvalue weighted by atomic mass is 9.77. The first-order valence-electron chi connectivity index (χ1n) is 6.29. The summed E-state index contributed by atoms with van der Waals surface area (Å²) in [5, 5.41) is 0. The van der Waals surface area contributed by atoms with Crippen LogP contribution in [0, 0.1) is 11.8 Å². The maximum Gasteiger partial charge on any atom is 0.136 e. The van der Waals surface area contributed by atoms with Crippen molar-refractivity contribution in [1.29, 1.82) is 0 Å². The van der Waals surface area contributed by atoms with Gasteiger partial charge in [0.2, 0.25) is 0 Å². The zero-order valence-corrected chi connectivity index (χ0v) is 10.1. The zero-order chi connectivity index (χ0) is 11.1. The summed E-state index contributed by atoms with van der Waals surface area (Å²) in [6.45, 7) is 2.96. The van der Waals surface area contributed by atoms with Gasteiger partial charge in [0.1, 0.15) is 5.78 Å². The van der Waals surface area contributed by atoms with E-state index in [-0.39, 0.29) is 0 Å². The predicted molar refractivity (Wildman–Crippen MR) is 61.9 cm³/mol. The summed E-state index contributed by atoms with van der Waals surface area (Å²) < 4.78 is 4.97. The quantitative estimate of drug-likeness (QED) is 0.632. The molecule has 0 aromatic carbocycles. The Kier molecular flexibility index (Phi) is 5.92. The van der Waals surface area contributed by atoms with E-state index in [1.165, 1.54) is 19.3 Å². The van der Waals surface area contributed by atoms with Crippen molar-refractivity contribution in [1.82, 2.24) is 0 Å². The third kappa shape index (κ3) is 4.33. The first-order valence-corrected chi connectivity index (χ1v) is 6.29. The fourth-order valence-corrected chi connectivity index (χ4v) is 2.55. The van der Waals surface area contributed by atoms with Crippen LogP contribution in [-0.2, 0) is 9.53 Å². The maximum atomic E-state index is 11.9. The van der Waals surface area contributed by atoms with Crippen molar-refractivity contribution in [2.75, 3.05) is 13.7 Å². The second-order valence-electron chi connectivity index (χ2n) is 4.70. The van der Waals surface area contributed by atoms with Crippen LogP contribution in [0.4, 0.5) is 0 Å². The molecule has 0 bridgehead atoms. The van der Waals surface area contributed by atoms with E-state index in [0.717, 1.165) is 38.2 Å². The maximum absolute atomic E-state index is 11.9. The van der Waals surface area contributed by atoms with E-state index in [9.17, 15) is 4.79 Å². The number of methoxy groups -OCH3 is 1. The smallest absolute Gasteiger partial charge is 0.136 e. The number of carbonyl (C=O) groups excluding carboxylic acids is 1.